The van der Waals surface area contributed by atoms with Crippen molar-refractivity contribution < 1.29 is 4.79 Å². The highest BCUT2D eigenvalue weighted by atomic mass is 16.2. The maximum absolute atomic E-state index is 12.6. The Labute approximate surface area is 172 Å². The van der Waals surface area contributed by atoms with Gasteiger partial charge in [-0.15, -0.1) is 0 Å². The summed E-state index contributed by atoms with van der Waals surface area (Å²) >= 11 is 0. The quantitative estimate of drug-likeness (QED) is 0.831. The van der Waals surface area contributed by atoms with Gasteiger partial charge in [0.15, 0.2) is 0 Å². The van der Waals surface area contributed by atoms with Gasteiger partial charge >= 0.3 is 0 Å². The number of likely N-dealkylation sites (N-methyl/N-ethyl adjacent to an activating group) is 1. The van der Waals surface area contributed by atoms with Crippen molar-refractivity contribution in [3.05, 3.63) is 48.7 Å². The lowest BCUT2D eigenvalue weighted by Crippen LogP contribution is -2.50. The van der Waals surface area contributed by atoms with E-state index in [0.717, 1.165) is 63.9 Å². The molecule has 4 rings (SSSR count). The minimum absolute atomic E-state index is 0.147. The number of hydrogen-bond acceptors (Lipinski definition) is 6. The fourth-order valence-electron chi connectivity index (χ4n) is 3.87. The molecule has 1 aromatic heterocycles. The van der Waals surface area contributed by atoms with E-state index in [1.165, 1.54) is 5.69 Å². The van der Waals surface area contributed by atoms with E-state index < -0.39 is 0 Å². The number of piperazine rings is 2. The van der Waals surface area contributed by atoms with Crippen LogP contribution in [-0.4, -0.2) is 86.6 Å². The van der Waals surface area contributed by atoms with Gasteiger partial charge in [0.05, 0.1) is 6.54 Å². The summed E-state index contributed by atoms with van der Waals surface area (Å²) in [5.41, 5.74) is 2.24. The fourth-order valence-corrected chi connectivity index (χ4v) is 3.87. The lowest BCUT2D eigenvalue weighted by molar-refractivity contribution is -0.129. The lowest BCUT2D eigenvalue weighted by atomic mass is 10.2. The highest BCUT2D eigenvalue weighted by Crippen LogP contribution is 2.19. The molecule has 7 nitrogen and oxygen atoms in total. The van der Waals surface area contributed by atoms with Gasteiger partial charge in [-0.1, -0.05) is 6.07 Å². The van der Waals surface area contributed by atoms with Gasteiger partial charge in [-0.3, -0.25) is 4.79 Å². The van der Waals surface area contributed by atoms with Crippen LogP contribution in [0.2, 0.25) is 0 Å². The molecule has 0 spiro atoms. The highest BCUT2D eigenvalue weighted by molar-refractivity contribution is 5.81. The van der Waals surface area contributed by atoms with E-state index in [9.17, 15) is 4.79 Å². The highest BCUT2D eigenvalue weighted by Gasteiger charge is 2.21. The minimum atomic E-state index is 0.147. The standard InChI is InChI=1S/C22H30N6O/c1-25-10-12-26(13-11-25)20-7-5-19(6-8-20)24-18-22(29)28-16-14-27(15-17-28)21-4-2-3-9-23-21/h2-9,24H,10-18H2,1H3. The number of nitrogens with one attached hydrogen (secondary N) is 1. The van der Waals surface area contributed by atoms with Crippen LogP contribution >= 0.6 is 0 Å². The Bertz CT molecular complexity index is 781. The molecule has 2 fully saturated rings. The first-order valence-electron chi connectivity index (χ1n) is 10.4. The molecule has 1 N–H and O–H groups in total. The monoisotopic (exact) mass is 394 g/mol. The molecule has 2 aromatic rings. The molecule has 7 heteroatoms. The number of anilines is 3. The Morgan fingerprint density at radius 1 is 0.897 bits per heavy atom. The Hall–Kier alpha value is -2.80. The van der Waals surface area contributed by atoms with Gasteiger partial charge < -0.3 is 24.9 Å². The molecule has 29 heavy (non-hydrogen) atoms. The van der Waals surface area contributed by atoms with Gasteiger partial charge in [0, 0.05) is 69.9 Å². The van der Waals surface area contributed by atoms with E-state index >= 15 is 0 Å². The largest absolute Gasteiger partial charge is 0.376 e. The van der Waals surface area contributed by atoms with Gasteiger partial charge in [0.1, 0.15) is 5.82 Å². The van der Waals surface area contributed by atoms with E-state index in [2.05, 4.69) is 56.3 Å². The summed E-state index contributed by atoms with van der Waals surface area (Å²) in [6.07, 6.45) is 1.81. The van der Waals surface area contributed by atoms with Crippen LogP contribution in [0.15, 0.2) is 48.7 Å². The second kappa shape index (κ2) is 9.13. The number of rotatable bonds is 5. The lowest BCUT2D eigenvalue weighted by Gasteiger charge is -2.35. The average Bonchev–Trinajstić information content (AvgIpc) is 2.79. The number of pyridine rings is 1. The summed E-state index contributed by atoms with van der Waals surface area (Å²) < 4.78 is 0. The van der Waals surface area contributed by atoms with Crippen LogP contribution < -0.4 is 15.1 Å². The van der Waals surface area contributed by atoms with Crippen molar-refractivity contribution in [1.82, 2.24) is 14.8 Å². The number of hydrogen-bond donors (Lipinski definition) is 1. The van der Waals surface area contributed by atoms with E-state index in [-0.39, 0.29) is 5.91 Å². The Morgan fingerprint density at radius 3 is 2.24 bits per heavy atom. The molecular weight excluding hydrogens is 364 g/mol. The van der Waals surface area contributed by atoms with Crippen molar-refractivity contribution in [2.45, 2.75) is 0 Å². The predicted octanol–water partition coefficient (Wildman–Crippen LogP) is 1.59. The molecule has 1 amide bonds. The fraction of sp³-hybridized carbons (Fsp3) is 0.455. The van der Waals surface area contributed by atoms with E-state index in [4.69, 9.17) is 0 Å². The number of benzene rings is 1. The maximum Gasteiger partial charge on any atom is 0.241 e. The van der Waals surface area contributed by atoms with Crippen LogP contribution in [0.3, 0.4) is 0 Å². The zero-order chi connectivity index (χ0) is 20.1. The second-order valence-corrected chi connectivity index (χ2v) is 7.75. The van der Waals surface area contributed by atoms with Crippen molar-refractivity contribution in [3.8, 4) is 0 Å². The van der Waals surface area contributed by atoms with Crippen molar-refractivity contribution in [3.63, 3.8) is 0 Å². The maximum atomic E-state index is 12.6. The summed E-state index contributed by atoms with van der Waals surface area (Å²) in [5, 5.41) is 3.28. The summed E-state index contributed by atoms with van der Waals surface area (Å²) in [4.78, 5) is 25.9. The van der Waals surface area contributed by atoms with E-state index in [0.29, 0.717) is 6.54 Å². The van der Waals surface area contributed by atoms with Gasteiger partial charge in [-0.05, 0) is 43.4 Å². The third-order valence-corrected chi connectivity index (χ3v) is 5.79. The first-order chi connectivity index (χ1) is 14.2. The SMILES string of the molecule is CN1CCN(c2ccc(NCC(=O)N3CCN(c4ccccn4)CC3)cc2)CC1. The number of carbonyl (C=O) groups excluding carboxylic acids is 1. The molecule has 0 radical (unpaired) electrons. The van der Waals surface area contributed by atoms with Crippen molar-refractivity contribution in [1.29, 1.82) is 0 Å². The van der Waals surface area contributed by atoms with Crippen molar-refractivity contribution in [2.75, 3.05) is 81.1 Å². The Balaban J connectivity index is 1.23. The number of amides is 1. The van der Waals surface area contributed by atoms with Crippen LogP contribution in [0.1, 0.15) is 0 Å². The minimum Gasteiger partial charge on any atom is -0.376 e. The van der Waals surface area contributed by atoms with Crippen molar-refractivity contribution >= 4 is 23.1 Å². The smallest absolute Gasteiger partial charge is 0.241 e. The van der Waals surface area contributed by atoms with E-state index in [1.807, 2.05) is 29.3 Å². The molecule has 0 saturated carbocycles. The number of aromatic nitrogens is 1. The normalized spacial score (nSPS) is 18.0. The molecule has 1 aromatic carbocycles. The van der Waals surface area contributed by atoms with Crippen LogP contribution in [0.25, 0.3) is 0 Å². The topological polar surface area (TPSA) is 55.0 Å². The number of carbonyl (C=O) groups is 1. The first-order valence-corrected chi connectivity index (χ1v) is 10.4. The molecule has 0 bridgehead atoms. The van der Waals surface area contributed by atoms with Gasteiger partial charge in [-0.2, -0.15) is 0 Å². The molecular formula is C22H30N6O. The second-order valence-electron chi connectivity index (χ2n) is 7.75. The zero-order valence-corrected chi connectivity index (χ0v) is 17.1. The third-order valence-electron chi connectivity index (χ3n) is 5.79. The van der Waals surface area contributed by atoms with E-state index in [1.54, 1.807) is 0 Å². The molecule has 2 saturated heterocycles. The molecule has 2 aliphatic heterocycles. The number of nitrogens with zero attached hydrogens (tertiary/aromatic N) is 5. The predicted molar refractivity (Wildman–Crippen MR) is 118 cm³/mol. The van der Waals surface area contributed by atoms with Gasteiger partial charge in [0.25, 0.3) is 0 Å². The molecule has 2 aliphatic rings. The Kier molecular flexibility index (Phi) is 6.14. The molecule has 0 aliphatic carbocycles. The molecule has 154 valence electrons. The first kappa shape index (κ1) is 19.5. The Morgan fingerprint density at radius 2 is 1.59 bits per heavy atom. The summed E-state index contributed by atoms with van der Waals surface area (Å²) in [6.45, 7) is 7.77. The molecule has 0 atom stereocenters. The van der Waals surface area contributed by atoms with Crippen LogP contribution in [0.5, 0.6) is 0 Å². The summed E-state index contributed by atoms with van der Waals surface area (Å²) in [6, 6.07) is 14.4. The van der Waals surface area contributed by atoms with Crippen LogP contribution in [-0.2, 0) is 4.79 Å². The zero-order valence-electron chi connectivity index (χ0n) is 17.1. The van der Waals surface area contributed by atoms with Gasteiger partial charge in [-0.25, -0.2) is 4.98 Å². The van der Waals surface area contributed by atoms with Gasteiger partial charge in [0.2, 0.25) is 5.91 Å². The average molecular weight is 395 g/mol. The third kappa shape index (κ3) is 4.98. The van der Waals surface area contributed by atoms with Crippen LogP contribution in [0.4, 0.5) is 17.2 Å². The van der Waals surface area contributed by atoms with Crippen LogP contribution in [0, 0.1) is 0 Å². The van der Waals surface area contributed by atoms with Crippen molar-refractivity contribution in [2.24, 2.45) is 0 Å². The molecule has 3 heterocycles. The summed E-state index contributed by atoms with van der Waals surface area (Å²) in [7, 11) is 2.17. The summed E-state index contributed by atoms with van der Waals surface area (Å²) in [5.74, 6) is 1.13. The molecule has 0 unspecified atom stereocenters.